The highest BCUT2D eigenvalue weighted by atomic mass is 32.1. The number of thiazole rings is 1. The summed E-state index contributed by atoms with van der Waals surface area (Å²) in [5, 5.41) is 7.67. The number of carbonyl (C=O) groups excluding carboxylic acids is 2. The van der Waals surface area contributed by atoms with Gasteiger partial charge in [-0.3, -0.25) is 9.59 Å². The highest BCUT2D eigenvalue weighted by Gasteiger charge is 2.32. The molecule has 1 aromatic rings. The van der Waals surface area contributed by atoms with Crippen molar-refractivity contribution < 1.29 is 9.59 Å². The normalized spacial score (nSPS) is 27.1. The Morgan fingerprint density at radius 3 is 2.89 bits per heavy atom. The maximum Gasteiger partial charge on any atom is 0.263 e. The Labute approximate surface area is 165 Å². The quantitative estimate of drug-likeness (QED) is 0.809. The Morgan fingerprint density at radius 2 is 2.11 bits per heavy atom. The molecule has 0 bridgehead atoms. The molecular formula is C20H30N4O2S. The Hall–Kier alpha value is -1.47. The van der Waals surface area contributed by atoms with E-state index in [0.29, 0.717) is 18.4 Å². The first-order chi connectivity index (χ1) is 13.2. The number of amides is 2. The van der Waals surface area contributed by atoms with Gasteiger partial charge in [-0.15, -0.1) is 11.3 Å². The summed E-state index contributed by atoms with van der Waals surface area (Å²) in [5.41, 5.74) is 0. The first-order valence-corrected chi connectivity index (χ1v) is 11.3. The molecule has 0 radical (unpaired) electrons. The van der Waals surface area contributed by atoms with Gasteiger partial charge >= 0.3 is 0 Å². The molecule has 4 rings (SSSR count). The Morgan fingerprint density at radius 1 is 1.26 bits per heavy atom. The largest absolute Gasteiger partial charge is 0.348 e. The lowest BCUT2D eigenvalue weighted by Gasteiger charge is -2.35. The van der Waals surface area contributed by atoms with Crippen LogP contribution in [0, 0.1) is 5.92 Å². The van der Waals surface area contributed by atoms with Crippen molar-refractivity contribution in [2.45, 2.75) is 69.9 Å². The van der Waals surface area contributed by atoms with Gasteiger partial charge in [0.05, 0.1) is 11.2 Å². The van der Waals surface area contributed by atoms with Crippen LogP contribution in [-0.4, -0.2) is 53.4 Å². The lowest BCUT2D eigenvalue weighted by Crippen LogP contribution is -2.46. The molecule has 3 fully saturated rings. The van der Waals surface area contributed by atoms with Gasteiger partial charge in [0, 0.05) is 31.5 Å². The summed E-state index contributed by atoms with van der Waals surface area (Å²) in [6, 6.07) is 0.468. The average molecular weight is 391 g/mol. The van der Waals surface area contributed by atoms with Crippen molar-refractivity contribution >= 4 is 23.2 Å². The number of likely N-dealkylation sites (tertiary alicyclic amines) is 1. The zero-order valence-electron chi connectivity index (χ0n) is 15.9. The summed E-state index contributed by atoms with van der Waals surface area (Å²) in [5.74, 6) is 0.977. The number of hydrogen-bond acceptors (Lipinski definition) is 5. The predicted octanol–water partition coefficient (Wildman–Crippen LogP) is 2.35. The van der Waals surface area contributed by atoms with Gasteiger partial charge in [-0.1, -0.05) is 0 Å². The van der Waals surface area contributed by atoms with Crippen LogP contribution in [0.3, 0.4) is 0 Å². The summed E-state index contributed by atoms with van der Waals surface area (Å²) in [7, 11) is 0. The van der Waals surface area contributed by atoms with Crippen LogP contribution in [0.25, 0.3) is 0 Å². The summed E-state index contributed by atoms with van der Waals surface area (Å²) >= 11 is 1.54. The zero-order chi connectivity index (χ0) is 18.6. The van der Waals surface area contributed by atoms with Gasteiger partial charge in [-0.05, 0) is 64.0 Å². The lowest BCUT2D eigenvalue weighted by atomic mass is 9.90. The van der Waals surface area contributed by atoms with Crippen LogP contribution in [0.5, 0.6) is 0 Å². The minimum Gasteiger partial charge on any atom is -0.348 e. The molecule has 6 nitrogen and oxygen atoms in total. The van der Waals surface area contributed by atoms with Crippen molar-refractivity contribution in [3.63, 3.8) is 0 Å². The van der Waals surface area contributed by atoms with Crippen LogP contribution >= 0.6 is 11.3 Å². The van der Waals surface area contributed by atoms with Gasteiger partial charge in [0.1, 0.15) is 4.88 Å². The van der Waals surface area contributed by atoms with E-state index in [1.165, 1.54) is 12.8 Å². The number of hydrogen-bond donors (Lipinski definition) is 2. The standard InChI is InChI=1S/C20H30N4O2S/c25-19-5-2-10-24(19)16-4-1-3-15(12-16)23-20(26)17-13-22-18(27-17)11-14-6-8-21-9-7-14/h13-16,21H,1-12H2,(H,23,26). The second-order valence-corrected chi connectivity index (χ2v) is 9.31. The predicted molar refractivity (Wildman–Crippen MR) is 106 cm³/mol. The van der Waals surface area contributed by atoms with Crippen LogP contribution in [0.15, 0.2) is 6.20 Å². The third-order valence-corrected chi connectivity index (χ3v) is 7.25. The van der Waals surface area contributed by atoms with Crippen LogP contribution in [0.4, 0.5) is 0 Å². The molecule has 148 valence electrons. The van der Waals surface area contributed by atoms with Gasteiger partial charge in [0.15, 0.2) is 0 Å². The molecule has 3 aliphatic rings. The smallest absolute Gasteiger partial charge is 0.263 e. The first kappa shape index (κ1) is 18.9. The Kier molecular flexibility index (Phi) is 6.08. The Bertz CT molecular complexity index is 671. The minimum atomic E-state index is 0.00228. The maximum atomic E-state index is 12.7. The van der Waals surface area contributed by atoms with E-state index in [1.807, 2.05) is 4.90 Å². The molecule has 2 atom stereocenters. The number of nitrogens with one attached hydrogen (secondary N) is 2. The van der Waals surface area contributed by atoms with Crippen molar-refractivity contribution in [2.75, 3.05) is 19.6 Å². The third-order valence-electron chi connectivity index (χ3n) is 6.23. The molecular weight excluding hydrogens is 360 g/mol. The van der Waals surface area contributed by atoms with Gasteiger partial charge < -0.3 is 15.5 Å². The van der Waals surface area contributed by atoms with Crippen LogP contribution in [0.1, 0.15) is 66.0 Å². The second-order valence-electron chi connectivity index (χ2n) is 8.20. The molecule has 7 heteroatoms. The molecule has 0 aromatic carbocycles. The molecule has 1 aromatic heterocycles. The van der Waals surface area contributed by atoms with Crippen molar-refractivity contribution in [3.8, 4) is 0 Å². The van der Waals surface area contributed by atoms with E-state index < -0.39 is 0 Å². The van der Waals surface area contributed by atoms with Crippen molar-refractivity contribution in [1.29, 1.82) is 0 Å². The zero-order valence-corrected chi connectivity index (χ0v) is 16.7. The SMILES string of the molecule is O=C(NC1CCCC(N2CCCC2=O)C1)c1cnc(CC2CCNCC2)s1. The summed E-state index contributed by atoms with van der Waals surface area (Å²) in [6.07, 6.45) is 10.8. The number of aromatic nitrogens is 1. The van der Waals surface area contributed by atoms with Crippen LogP contribution < -0.4 is 10.6 Å². The van der Waals surface area contributed by atoms with E-state index in [-0.39, 0.29) is 17.9 Å². The third kappa shape index (κ3) is 4.69. The fourth-order valence-electron chi connectivity index (χ4n) is 4.73. The fraction of sp³-hybridized carbons (Fsp3) is 0.750. The number of nitrogens with zero attached hydrogens (tertiary/aromatic N) is 2. The molecule has 0 spiro atoms. The molecule has 2 N–H and O–H groups in total. The van der Waals surface area contributed by atoms with Crippen LogP contribution in [-0.2, 0) is 11.2 Å². The summed E-state index contributed by atoms with van der Waals surface area (Å²) < 4.78 is 0. The molecule has 1 aliphatic carbocycles. The number of piperidine rings is 1. The molecule has 2 saturated heterocycles. The van der Waals surface area contributed by atoms with E-state index in [2.05, 4.69) is 15.6 Å². The van der Waals surface area contributed by atoms with Crippen molar-refractivity contribution in [1.82, 2.24) is 20.5 Å². The van der Waals surface area contributed by atoms with E-state index >= 15 is 0 Å². The number of carbonyl (C=O) groups is 2. The molecule has 2 amide bonds. The van der Waals surface area contributed by atoms with E-state index in [1.54, 1.807) is 17.5 Å². The molecule has 3 heterocycles. The topological polar surface area (TPSA) is 74.3 Å². The van der Waals surface area contributed by atoms with Crippen molar-refractivity contribution in [3.05, 3.63) is 16.1 Å². The minimum absolute atomic E-state index is 0.00228. The van der Waals surface area contributed by atoms with E-state index in [4.69, 9.17) is 0 Å². The van der Waals surface area contributed by atoms with Gasteiger partial charge in [0.25, 0.3) is 5.91 Å². The number of rotatable bonds is 5. The van der Waals surface area contributed by atoms with Crippen LogP contribution in [0.2, 0.25) is 0 Å². The van der Waals surface area contributed by atoms with Crippen molar-refractivity contribution in [2.24, 2.45) is 5.92 Å². The fourth-order valence-corrected chi connectivity index (χ4v) is 5.67. The average Bonchev–Trinajstić information content (AvgIpc) is 3.32. The first-order valence-electron chi connectivity index (χ1n) is 10.4. The molecule has 2 aliphatic heterocycles. The summed E-state index contributed by atoms with van der Waals surface area (Å²) in [4.78, 5) is 32.0. The highest BCUT2D eigenvalue weighted by Crippen LogP contribution is 2.27. The Balaban J connectivity index is 1.30. The molecule has 2 unspecified atom stereocenters. The van der Waals surface area contributed by atoms with E-state index in [0.717, 1.165) is 68.0 Å². The monoisotopic (exact) mass is 390 g/mol. The van der Waals surface area contributed by atoms with E-state index in [9.17, 15) is 9.59 Å². The molecule has 27 heavy (non-hydrogen) atoms. The maximum absolute atomic E-state index is 12.7. The van der Waals surface area contributed by atoms with Gasteiger partial charge in [0.2, 0.25) is 5.91 Å². The molecule has 1 saturated carbocycles. The second kappa shape index (κ2) is 8.69. The van der Waals surface area contributed by atoms with Gasteiger partial charge in [-0.2, -0.15) is 0 Å². The van der Waals surface area contributed by atoms with Gasteiger partial charge in [-0.25, -0.2) is 4.98 Å². The summed E-state index contributed by atoms with van der Waals surface area (Å²) in [6.45, 7) is 3.07. The lowest BCUT2D eigenvalue weighted by molar-refractivity contribution is -0.130. The highest BCUT2D eigenvalue weighted by molar-refractivity contribution is 7.13.